The van der Waals surface area contributed by atoms with E-state index in [9.17, 15) is 4.79 Å². The molecule has 0 atom stereocenters. The van der Waals surface area contributed by atoms with E-state index in [4.69, 9.17) is 5.53 Å². The molecule has 1 amide bonds. The Hall–Kier alpha value is -2.41. The zero-order chi connectivity index (χ0) is 14.8. The van der Waals surface area contributed by atoms with Gasteiger partial charge in [0.2, 0.25) is 0 Å². The third-order valence-corrected chi connectivity index (χ3v) is 3.99. The lowest BCUT2D eigenvalue weighted by molar-refractivity contribution is 0.0987. The molecule has 3 rings (SSSR count). The minimum atomic E-state index is -0.614. The fourth-order valence-corrected chi connectivity index (χ4v) is 2.90. The summed E-state index contributed by atoms with van der Waals surface area (Å²) in [6.45, 7) is 2.76. The van der Waals surface area contributed by atoms with Gasteiger partial charge < -0.3 is 0 Å². The van der Waals surface area contributed by atoms with Crippen LogP contribution in [-0.2, 0) is 6.54 Å². The Balaban J connectivity index is 2.21. The number of fused-ring (bicyclic) bond motifs is 1. The van der Waals surface area contributed by atoms with Crippen molar-refractivity contribution in [1.29, 1.82) is 5.53 Å². The molecule has 0 unspecified atom stereocenters. The summed E-state index contributed by atoms with van der Waals surface area (Å²) in [7, 11) is 0. The fraction of sp³-hybridized carbons (Fsp3) is 0.214. The van der Waals surface area contributed by atoms with Gasteiger partial charge in [-0.05, 0) is 18.6 Å². The van der Waals surface area contributed by atoms with E-state index in [0.717, 1.165) is 27.9 Å². The van der Waals surface area contributed by atoms with Gasteiger partial charge in [-0.3, -0.25) is 9.48 Å². The molecule has 3 aromatic rings. The molecule has 0 saturated heterocycles. The number of nitrogens with zero attached hydrogens (tertiary/aromatic N) is 4. The van der Waals surface area contributed by atoms with Crippen molar-refractivity contribution < 1.29 is 4.79 Å². The summed E-state index contributed by atoms with van der Waals surface area (Å²) in [6, 6.07) is 5.75. The number of thiazole rings is 1. The van der Waals surface area contributed by atoms with Gasteiger partial charge >= 0.3 is 5.91 Å². The van der Waals surface area contributed by atoms with Gasteiger partial charge in [-0.1, -0.05) is 13.0 Å². The molecule has 0 saturated carbocycles. The summed E-state index contributed by atoms with van der Waals surface area (Å²) in [6.07, 6.45) is 2.67. The van der Waals surface area contributed by atoms with Crippen molar-refractivity contribution in [3.05, 3.63) is 35.5 Å². The number of aromatic nitrogens is 3. The molecule has 21 heavy (non-hydrogen) atoms. The smallest absolute Gasteiger partial charge is 0.264 e. The molecule has 1 aromatic carbocycles. The van der Waals surface area contributed by atoms with Crippen LogP contribution in [0.4, 0.5) is 0 Å². The van der Waals surface area contributed by atoms with Crippen LogP contribution in [0.25, 0.3) is 21.5 Å². The van der Waals surface area contributed by atoms with Crippen LogP contribution in [0.3, 0.4) is 0 Å². The van der Waals surface area contributed by atoms with E-state index in [1.165, 1.54) is 0 Å². The zero-order valence-electron chi connectivity index (χ0n) is 11.4. The van der Waals surface area contributed by atoms with Gasteiger partial charge in [0.05, 0.1) is 5.52 Å². The van der Waals surface area contributed by atoms with Crippen molar-refractivity contribution in [2.75, 3.05) is 0 Å². The highest BCUT2D eigenvalue weighted by atomic mass is 32.1. The number of hydrogen-bond acceptors (Lipinski definition) is 5. The first-order valence-corrected chi connectivity index (χ1v) is 7.44. The van der Waals surface area contributed by atoms with Crippen LogP contribution < -0.4 is 0 Å². The number of rotatable bonds is 4. The second-order valence-corrected chi connectivity index (χ2v) is 5.45. The Bertz CT molecular complexity index is 806. The SMILES string of the molecule is CCCn1nc(C(=O)N=N)c2ccc(-c3nccs3)cc21. The number of carbonyl (C=O) groups excluding carboxylic acids is 1. The molecule has 0 fully saturated rings. The maximum Gasteiger partial charge on any atom is 0.315 e. The van der Waals surface area contributed by atoms with E-state index in [-0.39, 0.29) is 5.69 Å². The predicted molar refractivity (Wildman–Crippen MR) is 80.6 cm³/mol. The number of aryl methyl sites for hydroxylation is 1. The van der Waals surface area contributed by atoms with Gasteiger partial charge in [-0.15, -0.1) is 16.5 Å². The summed E-state index contributed by atoms with van der Waals surface area (Å²) >= 11 is 1.57. The molecule has 0 aliphatic carbocycles. The lowest BCUT2D eigenvalue weighted by Gasteiger charge is -2.02. The molecule has 0 bridgehead atoms. The van der Waals surface area contributed by atoms with Crippen molar-refractivity contribution in [2.45, 2.75) is 19.9 Å². The van der Waals surface area contributed by atoms with Crippen molar-refractivity contribution in [3.8, 4) is 10.6 Å². The Morgan fingerprint density at radius 3 is 3.00 bits per heavy atom. The van der Waals surface area contributed by atoms with Crippen molar-refractivity contribution in [2.24, 2.45) is 5.11 Å². The minimum Gasteiger partial charge on any atom is -0.264 e. The number of amides is 1. The zero-order valence-corrected chi connectivity index (χ0v) is 12.2. The van der Waals surface area contributed by atoms with Crippen LogP contribution in [0.1, 0.15) is 23.8 Å². The highest BCUT2D eigenvalue weighted by Crippen LogP contribution is 2.28. The first-order valence-electron chi connectivity index (χ1n) is 6.56. The van der Waals surface area contributed by atoms with E-state index < -0.39 is 5.91 Å². The number of carbonyl (C=O) groups is 1. The molecule has 1 N–H and O–H groups in total. The lowest BCUT2D eigenvalue weighted by Crippen LogP contribution is -2.01. The van der Waals surface area contributed by atoms with Gasteiger partial charge in [0, 0.05) is 29.1 Å². The maximum absolute atomic E-state index is 11.7. The quantitative estimate of drug-likeness (QED) is 0.745. The second kappa shape index (κ2) is 5.53. The third-order valence-electron chi connectivity index (χ3n) is 3.17. The van der Waals surface area contributed by atoms with Crippen LogP contribution in [0.2, 0.25) is 0 Å². The second-order valence-electron chi connectivity index (χ2n) is 4.56. The van der Waals surface area contributed by atoms with E-state index in [1.807, 2.05) is 23.6 Å². The van der Waals surface area contributed by atoms with E-state index in [1.54, 1.807) is 22.2 Å². The van der Waals surface area contributed by atoms with Crippen LogP contribution in [0.5, 0.6) is 0 Å². The summed E-state index contributed by atoms with van der Waals surface area (Å²) in [5.74, 6) is -0.614. The minimum absolute atomic E-state index is 0.235. The van der Waals surface area contributed by atoms with Gasteiger partial charge in [0.25, 0.3) is 0 Å². The molecule has 7 heteroatoms. The number of hydrogen-bond donors (Lipinski definition) is 1. The number of nitrogens with one attached hydrogen (secondary N) is 1. The van der Waals surface area contributed by atoms with Gasteiger partial charge in [-0.25, -0.2) is 10.5 Å². The van der Waals surface area contributed by atoms with Crippen molar-refractivity contribution in [3.63, 3.8) is 0 Å². The molecule has 0 aliphatic rings. The molecule has 2 heterocycles. The lowest BCUT2D eigenvalue weighted by atomic mass is 10.1. The summed E-state index contributed by atoms with van der Waals surface area (Å²) < 4.78 is 1.80. The standard InChI is InChI=1S/C14H13N5OS/c1-2-6-19-11-8-9(14-16-5-7-21-14)3-4-10(11)12(18-19)13(20)17-15/h3-5,7-8,15H,2,6H2,1H3. The summed E-state index contributed by atoms with van der Waals surface area (Å²) in [4.78, 5) is 16.0. The van der Waals surface area contributed by atoms with E-state index >= 15 is 0 Å². The molecular formula is C14H13N5OS. The molecule has 0 radical (unpaired) electrons. The Morgan fingerprint density at radius 1 is 1.48 bits per heavy atom. The Labute approximate surface area is 124 Å². The van der Waals surface area contributed by atoms with Crippen molar-refractivity contribution in [1.82, 2.24) is 14.8 Å². The highest BCUT2D eigenvalue weighted by molar-refractivity contribution is 7.13. The number of benzene rings is 1. The van der Waals surface area contributed by atoms with Gasteiger partial charge in [0.15, 0.2) is 5.69 Å². The van der Waals surface area contributed by atoms with E-state index in [2.05, 4.69) is 22.1 Å². The van der Waals surface area contributed by atoms with Gasteiger partial charge in [-0.2, -0.15) is 5.10 Å². The average Bonchev–Trinajstić information content (AvgIpc) is 3.15. The molecular weight excluding hydrogens is 286 g/mol. The Morgan fingerprint density at radius 2 is 2.33 bits per heavy atom. The molecule has 0 aliphatic heterocycles. The topological polar surface area (TPSA) is 84.0 Å². The predicted octanol–water partition coefficient (Wildman–Crippen LogP) is 3.74. The largest absolute Gasteiger partial charge is 0.315 e. The third kappa shape index (κ3) is 2.36. The summed E-state index contributed by atoms with van der Waals surface area (Å²) in [5.41, 5.74) is 9.01. The maximum atomic E-state index is 11.7. The molecule has 0 spiro atoms. The monoisotopic (exact) mass is 299 g/mol. The summed E-state index contributed by atoms with van der Waals surface area (Å²) in [5, 5.41) is 10.9. The van der Waals surface area contributed by atoms with Crippen LogP contribution in [0, 0.1) is 5.53 Å². The average molecular weight is 299 g/mol. The Kier molecular flexibility index (Phi) is 3.57. The molecule has 2 aromatic heterocycles. The first kappa shape index (κ1) is 13.6. The van der Waals surface area contributed by atoms with Crippen LogP contribution in [-0.4, -0.2) is 20.7 Å². The van der Waals surface area contributed by atoms with E-state index in [0.29, 0.717) is 6.54 Å². The molecule has 6 nitrogen and oxygen atoms in total. The van der Waals surface area contributed by atoms with Gasteiger partial charge in [0.1, 0.15) is 5.01 Å². The fourth-order valence-electron chi connectivity index (χ4n) is 2.27. The normalized spacial score (nSPS) is 10.9. The first-order chi connectivity index (χ1) is 10.2. The molecule has 106 valence electrons. The van der Waals surface area contributed by atoms with Crippen molar-refractivity contribution >= 4 is 28.1 Å². The van der Waals surface area contributed by atoms with Crippen LogP contribution in [0.15, 0.2) is 34.9 Å². The van der Waals surface area contributed by atoms with Crippen LogP contribution >= 0.6 is 11.3 Å². The highest BCUT2D eigenvalue weighted by Gasteiger charge is 2.17.